The van der Waals surface area contributed by atoms with Gasteiger partial charge in [-0.05, 0) is 24.6 Å². The normalized spacial score (nSPS) is 23.4. The van der Waals surface area contributed by atoms with Crippen molar-refractivity contribution in [3.05, 3.63) is 22.7 Å². The van der Waals surface area contributed by atoms with Gasteiger partial charge in [-0.25, -0.2) is 8.42 Å². The number of carboxylic acid groups (broad SMARTS) is 1. The molecule has 4 N–H and O–H groups in total. The smallest absolute Gasteiger partial charge is 0.322 e. The third-order valence-corrected chi connectivity index (χ3v) is 5.73. The van der Waals surface area contributed by atoms with Crippen molar-refractivity contribution in [2.45, 2.75) is 30.4 Å². The molecule has 1 aromatic carbocycles. The van der Waals surface area contributed by atoms with Crippen molar-refractivity contribution >= 4 is 33.3 Å². The lowest BCUT2D eigenvalue weighted by Crippen LogP contribution is -2.40. The summed E-state index contributed by atoms with van der Waals surface area (Å²) in [5.74, 6) is -1.31. The molecule has 0 aromatic heterocycles. The van der Waals surface area contributed by atoms with E-state index >= 15 is 0 Å². The van der Waals surface area contributed by atoms with Crippen molar-refractivity contribution in [3.63, 3.8) is 0 Å². The first-order valence-electron chi connectivity index (χ1n) is 6.13. The fraction of sp³-hybridized carbons (Fsp3) is 0.417. The zero-order chi connectivity index (χ0) is 15.9. The molecule has 9 heteroatoms. The Labute approximate surface area is 127 Å². The van der Waals surface area contributed by atoms with Gasteiger partial charge < -0.3 is 15.9 Å². The Bertz CT molecular complexity index is 691. The van der Waals surface area contributed by atoms with E-state index in [9.17, 15) is 18.3 Å². The molecule has 1 fully saturated rings. The fourth-order valence-electron chi connectivity index (χ4n) is 2.29. The minimum Gasteiger partial charge on any atom is -0.480 e. The Balaban J connectivity index is 2.52. The predicted octanol–water partition coefficient (Wildman–Crippen LogP) is 0.439. The topological polar surface area (TPSA) is 121 Å². The number of anilines is 1. The van der Waals surface area contributed by atoms with Crippen LogP contribution in [0, 0.1) is 6.92 Å². The van der Waals surface area contributed by atoms with Crippen molar-refractivity contribution < 1.29 is 23.4 Å². The quantitative estimate of drug-likeness (QED) is 0.690. The number of rotatable bonds is 3. The van der Waals surface area contributed by atoms with Gasteiger partial charge in [0.2, 0.25) is 10.0 Å². The van der Waals surface area contributed by atoms with Crippen LogP contribution < -0.4 is 5.73 Å². The summed E-state index contributed by atoms with van der Waals surface area (Å²) in [5.41, 5.74) is 6.15. The van der Waals surface area contributed by atoms with Gasteiger partial charge in [-0.1, -0.05) is 11.6 Å². The summed E-state index contributed by atoms with van der Waals surface area (Å²) in [6.07, 6.45) is -1.17. The van der Waals surface area contributed by atoms with Gasteiger partial charge in [-0.3, -0.25) is 4.79 Å². The molecule has 0 bridgehead atoms. The number of halogens is 1. The van der Waals surface area contributed by atoms with E-state index in [1.54, 1.807) is 6.92 Å². The maximum Gasteiger partial charge on any atom is 0.322 e. The number of aliphatic hydroxyl groups excluding tert-OH is 1. The second kappa shape index (κ2) is 5.45. The third-order valence-electron chi connectivity index (χ3n) is 3.40. The Hall–Kier alpha value is -1.35. The van der Waals surface area contributed by atoms with Crippen LogP contribution in [0.15, 0.2) is 17.0 Å². The third kappa shape index (κ3) is 2.84. The van der Waals surface area contributed by atoms with Gasteiger partial charge in [0.15, 0.2) is 0 Å². The van der Waals surface area contributed by atoms with E-state index in [0.717, 1.165) is 4.31 Å². The summed E-state index contributed by atoms with van der Waals surface area (Å²) < 4.78 is 26.0. The van der Waals surface area contributed by atoms with Gasteiger partial charge in [0.25, 0.3) is 0 Å². The van der Waals surface area contributed by atoms with Gasteiger partial charge in [-0.15, -0.1) is 0 Å². The molecule has 1 heterocycles. The van der Waals surface area contributed by atoms with Crippen LogP contribution in [0.4, 0.5) is 5.69 Å². The average Bonchev–Trinajstić information content (AvgIpc) is 2.76. The van der Waals surface area contributed by atoms with Crippen molar-refractivity contribution in [1.82, 2.24) is 4.31 Å². The number of nitrogen functional groups attached to an aromatic ring is 1. The highest BCUT2D eigenvalue weighted by Crippen LogP contribution is 2.32. The zero-order valence-electron chi connectivity index (χ0n) is 11.2. The summed E-state index contributed by atoms with van der Waals surface area (Å²) in [6, 6.07) is 1.31. The van der Waals surface area contributed by atoms with Crippen molar-refractivity contribution in [2.24, 2.45) is 0 Å². The first kappa shape index (κ1) is 16.0. The molecular formula is C12H15ClN2O5S. The lowest BCUT2D eigenvalue weighted by molar-refractivity contribution is -0.140. The van der Waals surface area contributed by atoms with E-state index in [1.165, 1.54) is 12.1 Å². The number of aliphatic carboxylic acids is 1. The lowest BCUT2D eigenvalue weighted by atomic mass is 10.2. The van der Waals surface area contributed by atoms with Crippen LogP contribution in [0.5, 0.6) is 0 Å². The number of carbonyl (C=O) groups is 1. The van der Waals surface area contributed by atoms with E-state index in [-0.39, 0.29) is 23.5 Å². The summed E-state index contributed by atoms with van der Waals surface area (Å²) in [6.45, 7) is 1.34. The van der Waals surface area contributed by atoms with E-state index in [1.807, 2.05) is 0 Å². The Kier molecular flexibility index (Phi) is 4.16. The highest BCUT2D eigenvalue weighted by atomic mass is 35.5. The Morgan fingerprint density at radius 2 is 2.10 bits per heavy atom. The second-order valence-electron chi connectivity index (χ2n) is 4.96. The van der Waals surface area contributed by atoms with Crippen molar-refractivity contribution in [1.29, 1.82) is 0 Å². The molecule has 1 aliphatic rings. The summed E-state index contributed by atoms with van der Waals surface area (Å²) in [4.78, 5) is 11.0. The highest BCUT2D eigenvalue weighted by molar-refractivity contribution is 7.89. The van der Waals surface area contributed by atoms with Crippen LogP contribution in [-0.4, -0.2) is 47.6 Å². The van der Waals surface area contributed by atoms with Gasteiger partial charge >= 0.3 is 5.97 Å². The number of aliphatic hydroxyl groups is 1. The van der Waals surface area contributed by atoms with Crippen molar-refractivity contribution in [3.8, 4) is 0 Å². The number of nitrogens with two attached hydrogens (primary N) is 1. The fourth-order valence-corrected chi connectivity index (χ4v) is 4.28. The van der Waals surface area contributed by atoms with Gasteiger partial charge in [-0.2, -0.15) is 4.31 Å². The minimum atomic E-state index is -4.13. The molecule has 1 saturated heterocycles. The molecule has 0 unspecified atom stereocenters. The molecule has 1 aliphatic heterocycles. The molecule has 7 nitrogen and oxygen atoms in total. The minimum absolute atomic E-state index is 0.0591. The molecule has 0 saturated carbocycles. The highest BCUT2D eigenvalue weighted by Gasteiger charge is 2.44. The molecule has 0 spiro atoms. The number of β-amino-alcohol motifs (C(OH)–C–C–N with tert-alkyl or cyclic N) is 1. The molecule has 116 valence electrons. The standard InChI is InChI=1S/C12H15ClN2O5S/c1-6-2-11(9(14)4-8(6)13)21(19,20)15-5-7(16)3-10(15)12(17)18/h2,4,7,10,16H,3,5,14H2,1H3,(H,17,18)/t7-,10+/m0/s1. The molecule has 0 aliphatic carbocycles. The van der Waals surface area contributed by atoms with Crippen LogP contribution in [0.1, 0.15) is 12.0 Å². The predicted molar refractivity (Wildman–Crippen MR) is 76.5 cm³/mol. The first-order valence-corrected chi connectivity index (χ1v) is 7.94. The van der Waals surface area contributed by atoms with Crippen LogP contribution in [0.2, 0.25) is 5.02 Å². The number of sulfonamides is 1. The van der Waals surface area contributed by atoms with E-state index in [2.05, 4.69) is 0 Å². The molecule has 1 aromatic rings. The molecule has 2 atom stereocenters. The Morgan fingerprint density at radius 1 is 1.48 bits per heavy atom. The van der Waals surface area contributed by atoms with E-state index in [0.29, 0.717) is 10.6 Å². The maximum atomic E-state index is 12.6. The Morgan fingerprint density at radius 3 is 2.67 bits per heavy atom. The average molecular weight is 335 g/mol. The van der Waals surface area contributed by atoms with E-state index in [4.69, 9.17) is 22.4 Å². The van der Waals surface area contributed by atoms with E-state index < -0.39 is 28.1 Å². The van der Waals surface area contributed by atoms with Crippen LogP contribution in [0.25, 0.3) is 0 Å². The summed E-state index contributed by atoms with van der Waals surface area (Å²) in [7, 11) is -4.13. The number of carboxylic acids is 1. The van der Waals surface area contributed by atoms with Crippen LogP contribution in [-0.2, 0) is 14.8 Å². The molecule has 0 radical (unpaired) electrons. The molecule has 2 rings (SSSR count). The number of benzene rings is 1. The molecule has 0 amide bonds. The molecular weight excluding hydrogens is 320 g/mol. The second-order valence-corrected chi connectivity index (χ2v) is 7.22. The zero-order valence-corrected chi connectivity index (χ0v) is 12.7. The summed E-state index contributed by atoms with van der Waals surface area (Å²) in [5, 5.41) is 19.0. The van der Waals surface area contributed by atoms with Gasteiger partial charge in [0.1, 0.15) is 10.9 Å². The number of hydrogen-bond donors (Lipinski definition) is 3. The van der Waals surface area contributed by atoms with Gasteiger partial charge in [0, 0.05) is 18.0 Å². The SMILES string of the molecule is Cc1cc(S(=O)(=O)N2C[C@@H](O)C[C@@H]2C(=O)O)c(N)cc1Cl. The summed E-state index contributed by atoms with van der Waals surface area (Å²) >= 11 is 5.88. The van der Waals surface area contributed by atoms with Crippen LogP contribution in [0.3, 0.4) is 0 Å². The molecule has 21 heavy (non-hydrogen) atoms. The lowest BCUT2D eigenvalue weighted by Gasteiger charge is -2.22. The van der Waals surface area contributed by atoms with Crippen molar-refractivity contribution in [2.75, 3.05) is 12.3 Å². The van der Waals surface area contributed by atoms with Gasteiger partial charge in [0.05, 0.1) is 11.8 Å². The number of hydrogen-bond acceptors (Lipinski definition) is 5. The number of nitrogens with zero attached hydrogens (tertiary/aromatic N) is 1. The number of aryl methyl sites for hydroxylation is 1. The first-order chi connectivity index (χ1) is 9.64. The van der Waals surface area contributed by atoms with Crippen LogP contribution >= 0.6 is 11.6 Å². The monoisotopic (exact) mass is 334 g/mol. The maximum absolute atomic E-state index is 12.6. The largest absolute Gasteiger partial charge is 0.480 e.